The van der Waals surface area contributed by atoms with Gasteiger partial charge in [0.05, 0.1) is 12.1 Å². The van der Waals surface area contributed by atoms with Crippen molar-refractivity contribution in [3.8, 4) is 5.69 Å². The Kier molecular flexibility index (Phi) is 3.08. The van der Waals surface area contributed by atoms with E-state index in [0.717, 1.165) is 22.5 Å². The van der Waals surface area contributed by atoms with Crippen molar-refractivity contribution in [3.63, 3.8) is 0 Å². The molecule has 0 spiro atoms. The fourth-order valence-electron chi connectivity index (χ4n) is 3.20. The zero-order valence-corrected chi connectivity index (χ0v) is 13.0. The third kappa shape index (κ3) is 2.09. The Labute approximate surface area is 133 Å². The Morgan fingerprint density at radius 1 is 1.09 bits per heavy atom. The average Bonchev–Trinajstić information content (AvgIpc) is 3.13. The van der Waals surface area contributed by atoms with Crippen LogP contribution in [0.2, 0.25) is 0 Å². The lowest BCUT2D eigenvalue weighted by molar-refractivity contribution is 0.624. The zero-order valence-electron chi connectivity index (χ0n) is 13.0. The Bertz CT molecular complexity index is 934. The maximum Gasteiger partial charge on any atom is 0.138 e. The molecule has 1 aromatic heterocycles. The number of halogens is 2. The van der Waals surface area contributed by atoms with Gasteiger partial charge in [0, 0.05) is 34.1 Å². The molecule has 0 N–H and O–H groups in total. The van der Waals surface area contributed by atoms with Crippen molar-refractivity contribution < 1.29 is 8.78 Å². The van der Waals surface area contributed by atoms with Crippen LogP contribution in [-0.4, -0.2) is 10.8 Å². The highest BCUT2D eigenvalue weighted by Crippen LogP contribution is 2.34. The fraction of sp³-hybridized carbons (Fsp3) is 0.211. The molecule has 0 saturated carbocycles. The minimum Gasteiger partial charge on any atom is -0.313 e. The second kappa shape index (κ2) is 5.01. The Balaban J connectivity index is 2.08. The summed E-state index contributed by atoms with van der Waals surface area (Å²) >= 11 is 0. The van der Waals surface area contributed by atoms with Crippen molar-refractivity contribution in [2.24, 2.45) is 4.99 Å². The van der Waals surface area contributed by atoms with Crippen LogP contribution < -0.4 is 0 Å². The summed E-state index contributed by atoms with van der Waals surface area (Å²) in [6.07, 6.45) is 1.72. The lowest BCUT2D eigenvalue weighted by atomic mass is 10.1. The summed E-state index contributed by atoms with van der Waals surface area (Å²) in [6.45, 7) is 4.54. The van der Waals surface area contributed by atoms with Gasteiger partial charge in [0.25, 0.3) is 0 Å². The molecule has 0 fully saturated rings. The first-order valence-corrected chi connectivity index (χ1v) is 7.68. The van der Waals surface area contributed by atoms with Gasteiger partial charge in [-0.3, -0.25) is 4.99 Å². The Hall–Kier alpha value is -2.49. The predicted molar refractivity (Wildman–Crippen MR) is 88.6 cm³/mol. The topological polar surface area (TPSA) is 17.3 Å². The van der Waals surface area contributed by atoms with E-state index < -0.39 is 0 Å². The molecule has 0 bridgehead atoms. The van der Waals surface area contributed by atoms with Crippen LogP contribution in [0.25, 0.3) is 16.6 Å². The van der Waals surface area contributed by atoms with Gasteiger partial charge in [0.1, 0.15) is 11.6 Å². The molecule has 0 unspecified atom stereocenters. The van der Waals surface area contributed by atoms with E-state index in [4.69, 9.17) is 0 Å². The van der Waals surface area contributed by atoms with Gasteiger partial charge in [0.2, 0.25) is 0 Å². The molecule has 0 amide bonds. The summed E-state index contributed by atoms with van der Waals surface area (Å²) < 4.78 is 30.1. The molecule has 0 aliphatic carbocycles. The van der Waals surface area contributed by atoms with E-state index in [9.17, 15) is 8.78 Å². The molecule has 0 saturated heterocycles. The summed E-state index contributed by atoms with van der Waals surface area (Å²) in [5, 5.41) is 0.599. The number of aliphatic imine (C=N–C) groups is 1. The van der Waals surface area contributed by atoms with Crippen LogP contribution in [-0.2, 0) is 6.54 Å². The smallest absolute Gasteiger partial charge is 0.138 e. The van der Waals surface area contributed by atoms with Crippen LogP contribution in [0.1, 0.15) is 36.6 Å². The van der Waals surface area contributed by atoms with Crippen LogP contribution in [0, 0.1) is 11.6 Å². The van der Waals surface area contributed by atoms with Gasteiger partial charge in [-0.2, -0.15) is 0 Å². The maximum atomic E-state index is 14.9. The van der Waals surface area contributed by atoms with Crippen LogP contribution in [0.3, 0.4) is 0 Å². The highest BCUT2D eigenvalue weighted by atomic mass is 19.1. The quantitative estimate of drug-likeness (QED) is 0.636. The molecule has 4 rings (SSSR count). The number of benzene rings is 2. The van der Waals surface area contributed by atoms with Crippen LogP contribution in [0.4, 0.5) is 8.78 Å². The molecule has 1 aliphatic rings. The van der Waals surface area contributed by atoms with E-state index >= 15 is 0 Å². The summed E-state index contributed by atoms with van der Waals surface area (Å²) in [7, 11) is 0. The normalized spacial score (nSPS) is 13.3. The highest BCUT2D eigenvalue weighted by Gasteiger charge is 2.21. The summed E-state index contributed by atoms with van der Waals surface area (Å²) in [5.41, 5.74) is 4.12. The second-order valence-electron chi connectivity index (χ2n) is 6.20. The molecule has 4 heteroatoms. The van der Waals surface area contributed by atoms with Gasteiger partial charge >= 0.3 is 0 Å². The van der Waals surface area contributed by atoms with Gasteiger partial charge in [-0.15, -0.1) is 0 Å². The van der Waals surface area contributed by atoms with Crippen LogP contribution >= 0.6 is 0 Å². The second-order valence-corrected chi connectivity index (χ2v) is 6.20. The maximum absolute atomic E-state index is 14.9. The van der Waals surface area contributed by atoms with E-state index in [0.29, 0.717) is 17.5 Å². The lowest BCUT2D eigenvalue weighted by Crippen LogP contribution is -2.02. The molecule has 0 radical (unpaired) electrons. The molecule has 116 valence electrons. The highest BCUT2D eigenvalue weighted by molar-refractivity contribution is 5.94. The fourth-order valence-corrected chi connectivity index (χ4v) is 3.20. The number of fused-ring (bicyclic) bond motifs is 2. The molecular formula is C19H16F2N2. The van der Waals surface area contributed by atoms with Crippen molar-refractivity contribution in [3.05, 3.63) is 64.9 Å². The monoisotopic (exact) mass is 310 g/mol. The average molecular weight is 310 g/mol. The van der Waals surface area contributed by atoms with Crippen molar-refractivity contribution in [1.29, 1.82) is 0 Å². The summed E-state index contributed by atoms with van der Waals surface area (Å²) in [4.78, 5) is 4.16. The lowest BCUT2D eigenvalue weighted by Gasteiger charge is -2.14. The molecule has 1 aliphatic heterocycles. The van der Waals surface area contributed by atoms with Crippen molar-refractivity contribution in [2.75, 3.05) is 0 Å². The van der Waals surface area contributed by atoms with E-state index in [1.807, 2.05) is 16.7 Å². The first kappa shape index (κ1) is 14.1. The predicted octanol–water partition coefficient (Wildman–Crippen LogP) is 4.96. The van der Waals surface area contributed by atoms with Crippen molar-refractivity contribution in [1.82, 2.24) is 4.57 Å². The van der Waals surface area contributed by atoms with Gasteiger partial charge in [-0.05, 0) is 42.3 Å². The van der Waals surface area contributed by atoms with Crippen molar-refractivity contribution >= 4 is 17.1 Å². The SMILES string of the molecule is CC(C)c1cc2c(F)c3c(cc2n1-c1ccc(F)cc1)C=NC3. The third-order valence-electron chi connectivity index (χ3n) is 4.37. The van der Waals surface area contributed by atoms with E-state index in [2.05, 4.69) is 18.8 Å². The van der Waals surface area contributed by atoms with E-state index in [1.54, 1.807) is 18.3 Å². The molecule has 2 nitrogen and oxygen atoms in total. The number of nitrogens with zero attached hydrogens (tertiary/aromatic N) is 2. The van der Waals surface area contributed by atoms with Gasteiger partial charge in [-0.1, -0.05) is 13.8 Å². The largest absolute Gasteiger partial charge is 0.313 e. The minimum absolute atomic E-state index is 0.197. The Morgan fingerprint density at radius 2 is 1.83 bits per heavy atom. The summed E-state index contributed by atoms with van der Waals surface area (Å²) in [6, 6.07) is 10.2. The van der Waals surface area contributed by atoms with Gasteiger partial charge in [-0.25, -0.2) is 8.78 Å². The third-order valence-corrected chi connectivity index (χ3v) is 4.37. The number of aromatic nitrogens is 1. The molecular weight excluding hydrogens is 294 g/mol. The van der Waals surface area contributed by atoms with Crippen LogP contribution in [0.15, 0.2) is 41.4 Å². The number of rotatable bonds is 2. The zero-order chi connectivity index (χ0) is 16.1. The standard InChI is InChI=1S/C19H16F2N2/c1-11(2)17-8-15-18(7-12-9-22-10-16(12)19(15)21)23(17)14-5-3-13(20)4-6-14/h3-9,11H,10H2,1-2H3. The van der Waals surface area contributed by atoms with Gasteiger partial charge < -0.3 is 4.57 Å². The first-order chi connectivity index (χ1) is 11.1. The van der Waals surface area contributed by atoms with Crippen molar-refractivity contribution in [2.45, 2.75) is 26.3 Å². The molecule has 2 heterocycles. The Morgan fingerprint density at radius 3 is 2.52 bits per heavy atom. The van der Waals surface area contributed by atoms with E-state index in [-0.39, 0.29) is 17.6 Å². The summed E-state index contributed by atoms with van der Waals surface area (Å²) in [5.74, 6) is -0.261. The van der Waals surface area contributed by atoms with E-state index in [1.165, 1.54) is 12.1 Å². The van der Waals surface area contributed by atoms with Gasteiger partial charge in [0.15, 0.2) is 0 Å². The minimum atomic E-state index is -0.282. The first-order valence-electron chi connectivity index (χ1n) is 7.68. The molecule has 0 atom stereocenters. The molecule has 2 aromatic carbocycles. The van der Waals surface area contributed by atoms with Crippen LogP contribution in [0.5, 0.6) is 0 Å². The molecule has 3 aromatic rings. The number of hydrogen-bond acceptors (Lipinski definition) is 1. The number of hydrogen-bond donors (Lipinski definition) is 0. The molecule has 23 heavy (non-hydrogen) atoms.